The highest BCUT2D eigenvalue weighted by molar-refractivity contribution is 5.13. The molecule has 0 bridgehead atoms. The van der Waals surface area contributed by atoms with E-state index in [9.17, 15) is 0 Å². The van der Waals surface area contributed by atoms with E-state index < -0.39 is 0 Å². The Morgan fingerprint density at radius 1 is 1.28 bits per heavy atom. The molecule has 1 N–H and O–H groups in total. The lowest BCUT2D eigenvalue weighted by Crippen LogP contribution is -2.24. The van der Waals surface area contributed by atoms with Gasteiger partial charge in [0.1, 0.15) is 11.9 Å². The van der Waals surface area contributed by atoms with E-state index in [4.69, 9.17) is 0 Å². The van der Waals surface area contributed by atoms with Crippen molar-refractivity contribution in [3.8, 4) is 0 Å². The highest BCUT2D eigenvalue weighted by atomic mass is 15.1. The van der Waals surface area contributed by atoms with Crippen LogP contribution in [0.2, 0.25) is 0 Å². The normalized spacial score (nSPS) is 12.6. The molecule has 0 aliphatic carbocycles. The third-order valence-electron chi connectivity index (χ3n) is 2.82. The molecule has 2 heterocycles. The molecular weight excluding hydrogens is 226 g/mol. The first-order chi connectivity index (χ1) is 8.76. The monoisotopic (exact) mass is 245 g/mol. The number of imidazole rings is 1. The number of nitrogens with zero attached hydrogens (tertiary/aromatic N) is 4. The fourth-order valence-electron chi connectivity index (χ4n) is 1.94. The van der Waals surface area contributed by atoms with Gasteiger partial charge in [0, 0.05) is 31.3 Å². The zero-order chi connectivity index (χ0) is 13.0. The Morgan fingerprint density at radius 2 is 2.00 bits per heavy atom. The summed E-state index contributed by atoms with van der Waals surface area (Å²) in [7, 11) is 1.90. The maximum atomic E-state index is 4.43. The smallest absolute Gasteiger partial charge is 0.152 e. The number of nitrogens with one attached hydrogen (secondary N) is 1. The van der Waals surface area contributed by atoms with E-state index in [1.54, 1.807) is 0 Å². The Labute approximate surface area is 107 Å². The summed E-state index contributed by atoms with van der Waals surface area (Å²) in [5.41, 5.74) is 1.06. The van der Waals surface area contributed by atoms with Crippen LogP contribution >= 0.6 is 0 Å². The van der Waals surface area contributed by atoms with E-state index in [-0.39, 0.29) is 6.04 Å². The fourth-order valence-corrected chi connectivity index (χ4v) is 1.94. The van der Waals surface area contributed by atoms with Crippen LogP contribution in [-0.2, 0) is 6.54 Å². The second-order valence-corrected chi connectivity index (χ2v) is 4.32. The summed E-state index contributed by atoms with van der Waals surface area (Å²) in [6.45, 7) is 5.09. The van der Waals surface area contributed by atoms with Crippen LogP contribution in [0.5, 0.6) is 0 Å². The van der Waals surface area contributed by atoms with Crippen molar-refractivity contribution in [2.24, 2.45) is 0 Å². The van der Waals surface area contributed by atoms with Gasteiger partial charge in [0.2, 0.25) is 0 Å². The molecule has 0 aliphatic heterocycles. The third kappa shape index (κ3) is 2.56. The lowest BCUT2D eigenvalue weighted by Gasteiger charge is -2.16. The number of hydrogen-bond donors (Lipinski definition) is 1. The predicted molar refractivity (Wildman–Crippen MR) is 70.2 cm³/mol. The number of hydrogen-bond acceptors (Lipinski definition) is 4. The van der Waals surface area contributed by atoms with Crippen molar-refractivity contribution in [1.29, 1.82) is 0 Å². The van der Waals surface area contributed by atoms with Crippen LogP contribution in [0.25, 0.3) is 0 Å². The van der Waals surface area contributed by atoms with Gasteiger partial charge < -0.3 is 9.88 Å². The van der Waals surface area contributed by atoms with Gasteiger partial charge in [-0.25, -0.2) is 15.0 Å². The van der Waals surface area contributed by atoms with Crippen molar-refractivity contribution >= 4 is 0 Å². The van der Waals surface area contributed by atoms with Gasteiger partial charge in [-0.15, -0.1) is 0 Å². The van der Waals surface area contributed by atoms with Gasteiger partial charge in [0.15, 0.2) is 5.82 Å². The Balaban J connectivity index is 2.32. The molecule has 0 fully saturated rings. The van der Waals surface area contributed by atoms with Gasteiger partial charge in [0.05, 0.1) is 0 Å². The molecule has 2 rings (SSSR count). The summed E-state index contributed by atoms with van der Waals surface area (Å²) in [4.78, 5) is 13.2. The van der Waals surface area contributed by atoms with Crippen LogP contribution < -0.4 is 5.32 Å². The second kappa shape index (κ2) is 5.73. The van der Waals surface area contributed by atoms with Crippen LogP contribution in [0, 0.1) is 6.92 Å². The Bertz CT molecular complexity index is 488. The average Bonchev–Trinajstić information content (AvgIpc) is 2.82. The predicted octanol–water partition coefficient (Wildman–Crippen LogP) is 1.70. The van der Waals surface area contributed by atoms with Crippen LogP contribution in [-0.4, -0.2) is 26.6 Å². The molecule has 0 aromatic carbocycles. The van der Waals surface area contributed by atoms with Gasteiger partial charge in [-0.2, -0.15) is 0 Å². The molecule has 96 valence electrons. The molecule has 18 heavy (non-hydrogen) atoms. The number of aryl methyl sites for hydroxylation is 2. The quantitative estimate of drug-likeness (QED) is 0.871. The summed E-state index contributed by atoms with van der Waals surface area (Å²) in [5.74, 6) is 1.72. The minimum Gasteiger partial charge on any atom is -0.333 e. The van der Waals surface area contributed by atoms with E-state index in [1.807, 2.05) is 38.8 Å². The lowest BCUT2D eigenvalue weighted by molar-refractivity contribution is 0.548. The summed E-state index contributed by atoms with van der Waals surface area (Å²) in [6, 6.07) is -0.0628. The number of aromatic nitrogens is 4. The van der Waals surface area contributed by atoms with Crippen LogP contribution in [0.15, 0.2) is 24.8 Å². The molecule has 0 radical (unpaired) electrons. The van der Waals surface area contributed by atoms with Crippen molar-refractivity contribution in [3.63, 3.8) is 0 Å². The summed E-state index contributed by atoms with van der Waals surface area (Å²) < 4.78 is 2.14. The molecular formula is C13H19N5. The van der Waals surface area contributed by atoms with Crippen LogP contribution in [0.3, 0.4) is 0 Å². The van der Waals surface area contributed by atoms with Crippen molar-refractivity contribution in [2.45, 2.75) is 32.9 Å². The van der Waals surface area contributed by atoms with E-state index in [0.717, 1.165) is 30.2 Å². The first-order valence-electron chi connectivity index (χ1n) is 6.23. The molecule has 0 saturated heterocycles. The summed E-state index contributed by atoms with van der Waals surface area (Å²) in [5, 5.41) is 3.23. The highest BCUT2D eigenvalue weighted by Gasteiger charge is 2.19. The Hall–Kier alpha value is -1.75. The molecule has 1 unspecified atom stereocenters. The fraction of sp³-hybridized carbons (Fsp3) is 0.462. The minimum absolute atomic E-state index is 0.0628. The molecule has 0 spiro atoms. The van der Waals surface area contributed by atoms with Crippen LogP contribution in [0.1, 0.15) is 36.6 Å². The molecule has 0 aliphatic rings. The molecule has 0 amide bonds. The largest absolute Gasteiger partial charge is 0.333 e. The standard InChI is InChI=1S/C13H19N5/c1-4-6-18-7-5-15-13(18)11(14-3)12-16-8-10(2)9-17-12/h5,7-9,11,14H,4,6H2,1-3H3. The third-order valence-corrected chi connectivity index (χ3v) is 2.82. The first kappa shape index (κ1) is 12.7. The van der Waals surface area contributed by atoms with Gasteiger partial charge >= 0.3 is 0 Å². The zero-order valence-corrected chi connectivity index (χ0v) is 11.1. The van der Waals surface area contributed by atoms with Gasteiger partial charge in [-0.3, -0.25) is 0 Å². The van der Waals surface area contributed by atoms with Crippen molar-refractivity contribution in [2.75, 3.05) is 7.05 Å². The Kier molecular flexibility index (Phi) is 4.04. The van der Waals surface area contributed by atoms with Gasteiger partial charge in [0.25, 0.3) is 0 Å². The van der Waals surface area contributed by atoms with E-state index in [2.05, 4.69) is 31.8 Å². The molecule has 0 saturated carbocycles. The molecule has 2 aromatic rings. The minimum atomic E-state index is -0.0628. The highest BCUT2D eigenvalue weighted by Crippen LogP contribution is 2.17. The maximum absolute atomic E-state index is 4.43. The van der Waals surface area contributed by atoms with Crippen LogP contribution in [0.4, 0.5) is 0 Å². The van der Waals surface area contributed by atoms with Gasteiger partial charge in [-0.1, -0.05) is 6.92 Å². The van der Waals surface area contributed by atoms with Gasteiger partial charge in [-0.05, 0) is 26.0 Å². The topological polar surface area (TPSA) is 55.6 Å². The van der Waals surface area contributed by atoms with Crippen molar-refractivity contribution in [3.05, 3.63) is 42.0 Å². The molecule has 1 atom stereocenters. The van der Waals surface area contributed by atoms with E-state index >= 15 is 0 Å². The van der Waals surface area contributed by atoms with Crippen molar-refractivity contribution < 1.29 is 0 Å². The Morgan fingerprint density at radius 3 is 2.61 bits per heavy atom. The molecule has 5 heteroatoms. The second-order valence-electron chi connectivity index (χ2n) is 4.32. The molecule has 2 aromatic heterocycles. The zero-order valence-electron chi connectivity index (χ0n) is 11.1. The summed E-state index contributed by atoms with van der Waals surface area (Å²) >= 11 is 0. The van der Waals surface area contributed by atoms with Crippen molar-refractivity contribution in [1.82, 2.24) is 24.8 Å². The average molecular weight is 245 g/mol. The number of rotatable bonds is 5. The maximum Gasteiger partial charge on any atom is 0.152 e. The SMILES string of the molecule is CCCn1ccnc1C(NC)c1ncc(C)cn1. The molecule has 5 nitrogen and oxygen atoms in total. The van der Waals surface area contributed by atoms with E-state index in [1.165, 1.54) is 0 Å². The first-order valence-corrected chi connectivity index (χ1v) is 6.23. The van der Waals surface area contributed by atoms with E-state index in [0.29, 0.717) is 0 Å². The summed E-state index contributed by atoms with van der Waals surface area (Å²) in [6.07, 6.45) is 8.56. The lowest BCUT2D eigenvalue weighted by atomic mass is 10.2.